The molecule has 2 rings (SSSR count). The van der Waals surface area contributed by atoms with Crippen molar-refractivity contribution < 1.29 is 8.42 Å². The summed E-state index contributed by atoms with van der Waals surface area (Å²) in [5, 5.41) is 11.1. The van der Waals surface area contributed by atoms with Crippen LogP contribution in [0.25, 0.3) is 0 Å². The molecule has 0 heterocycles. The first-order chi connectivity index (χ1) is 10.5. The van der Waals surface area contributed by atoms with Crippen molar-refractivity contribution >= 4 is 33.4 Å². The average molecular weight is 353 g/mol. The molecule has 2 aromatic carbocycles. The van der Waals surface area contributed by atoms with Crippen LogP contribution in [0.5, 0.6) is 0 Å². The molecule has 22 heavy (non-hydrogen) atoms. The van der Waals surface area contributed by atoms with Gasteiger partial charge in [0.2, 0.25) is 10.0 Å². The summed E-state index contributed by atoms with van der Waals surface area (Å²) in [4.78, 5) is 0.144. The normalized spacial score (nSPS) is 12.5. The lowest BCUT2D eigenvalue weighted by Gasteiger charge is -2.14. The molecule has 0 saturated heterocycles. The zero-order valence-electron chi connectivity index (χ0n) is 11.4. The molecule has 0 aliphatic rings. The van der Waals surface area contributed by atoms with Gasteiger partial charge in [-0.2, -0.15) is 5.26 Å². The molecule has 0 fully saturated rings. The summed E-state index contributed by atoms with van der Waals surface area (Å²) in [5.41, 5.74) is 0.896. The van der Waals surface area contributed by atoms with Gasteiger partial charge in [-0.15, -0.1) is 0 Å². The molecule has 0 radical (unpaired) electrons. The molecule has 0 aliphatic carbocycles. The summed E-state index contributed by atoms with van der Waals surface area (Å²) in [6.07, 6.45) is 0. The van der Waals surface area contributed by atoms with Crippen molar-refractivity contribution in [2.24, 2.45) is 0 Å². The summed E-state index contributed by atoms with van der Waals surface area (Å²) in [5.74, 6) is 0. The van der Waals surface area contributed by atoms with Gasteiger partial charge in [0.25, 0.3) is 0 Å². The zero-order chi connectivity index (χ0) is 16.0. The lowest BCUT2D eigenvalue weighted by molar-refractivity contribution is 0.581. The van der Waals surface area contributed by atoms with Crippen LogP contribution in [0, 0.1) is 10.7 Å². The third-order valence-corrected chi connectivity index (χ3v) is 5.47. The number of nitrogens with zero attached hydrogens (tertiary/aromatic N) is 1. The van der Waals surface area contributed by atoms with E-state index in [1.165, 1.54) is 24.3 Å². The van der Waals surface area contributed by atoms with Gasteiger partial charge in [-0.3, -0.25) is 0 Å². The first-order valence-electron chi connectivity index (χ1n) is 6.38. The quantitative estimate of drug-likeness (QED) is 0.807. The fourth-order valence-corrected chi connectivity index (χ4v) is 3.71. The van der Waals surface area contributed by atoms with E-state index in [4.69, 9.17) is 16.9 Å². The van der Waals surface area contributed by atoms with Crippen LogP contribution in [0.3, 0.4) is 0 Å². The third kappa shape index (κ3) is 4.49. The second kappa shape index (κ2) is 7.65. The van der Waals surface area contributed by atoms with Crippen LogP contribution in [-0.4, -0.2) is 15.0 Å². The number of thioether (sulfide) groups is 1. The maximum atomic E-state index is 12.2. The topological polar surface area (TPSA) is 70.0 Å². The Labute approximate surface area is 139 Å². The van der Waals surface area contributed by atoms with E-state index in [1.54, 1.807) is 0 Å². The van der Waals surface area contributed by atoms with E-state index in [0.717, 1.165) is 17.3 Å². The Kier molecular flexibility index (Phi) is 5.86. The second-order valence-corrected chi connectivity index (χ2v) is 7.60. The molecule has 0 unspecified atom stereocenters. The minimum absolute atomic E-state index is 0.132. The van der Waals surface area contributed by atoms with Crippen LogP contribution in [-0.2, 0) is 10.0 Å². The molecule has 0 aromatic heterocycles. The van der Waals surface area contributed by atoms with E-state index in [9.17, 15) is 8.42 Å². The van der Waals surface area contributed by atoms with Crippen molar-refractivity contribution in [1.82, 2.24) is 4.72 Å². The van der Waals surface area contributed by atoms with Gasteiger partial charge < -0.3 is 0 Å². The monoisotopic (exact) mass is 352 g/mol. The molecule has 2 aromatic rings. The first kappa shape index (κ1) is 16.8. The molecule has 7 heteroatoms. The van der Waals surface area contributed by atoms with Gasteiger partial charge >= 0.3 is 0 Å². The minimum atomic E-state index is -3.63. The number of hydrogen-bond donors (Lipinski definition) is 1. The van der Waals surface area contributed by atoms with Crippen LogP contribution in [0.2, 0.25) is 5.02 Å². The Morgan fingerprint density at radius 1 is 1.14 bits per heavy atom. The SMILES string of the molecule is N#CS[C@@H](CNS(=O)(=O)c1ccc(Cl)cc1)c1ccccc1. The summed E-state index contributed by atoms with van der Waals surface area (Å²) in [6.45, 7) is 0.132. The molecule has 0 aliphatic heterocycles. The van der Waals surface area contributed by atoms with Crippen LogP contribution in [0.15, 0.2) is 59.5 Å². The Morgan fingerprint density at radius 2 is 1.77 bits per heavy atom. The van der Waals surface area contributed by atoms with Gasteiger partial charge in [0.1, 0.15) is 5.40 Å². The van der Waals surface area contributed by atoms with Crippen molar-refractivity contribution in [3.8, 4) is 5.40 Å². The molecule has 0 amide bonds. The number of nitriles is 1. The molecular formula is C15H13ClN2O2S2. The van der Waals surface area contributed by atoms with Crippen molar-refractivity contribution in [2.75, 3.05) is 6.54 Å². The fourth-order valence-electron chi connectivity index (χ4n) is 1.84. The molecule has 0 saturated carbocycles. The van der Waals surface area contributed by atoms with E-state index in [1.807, 2.05) is 35.7 Å². The molecular weight excluding hydrogens is 340 g/mol. The second-order valence-electron chi connectivity index (χ2n) is 4.41. The lowest BCUT2D eigenvalue weighted by atomic mass is 10.1. The fraction of sp³-hybridized carbons (Fsp3) is 0.133. The van der Waals surface area contributed by atoms with Gasteiger partial charge in [0.15, 0.2) is 0 Å². The highest BCUT2D eigenvalue weighted by Crippen LogP contribution is 2.27. The summed E-state index contributed by atoms with van der Waals surface area (Å²) in [7, 11) is -3.63. The van der Waals surface area contributed by atoms with Gasteiger partial charge in [0.05, 0.1) is 10.1 Å². The molecule has 4 nitrogen and oxygen atoms in total. The van der Waals surface area contributed by atoms with Crippen molar-refractivity contribution in [1.29, 1.82) is 5.26 Å². The average Bonchev–Trinajstić information content (AvgIpc) is 2.53. The molecule has 1 N–H and O–H groups in total. The molecule has 0 bridgehead atoms. The Bertz CT molecular complexity index is 756. The lowest BCUT2D eigenvalue weighted by Crippen LogP contribution is -2.27. The first-order valence-corrected chi connectivity index (χ1v) is 9.12. The zero-order valence-corrected chi connectivity index (χ0v) is 13.8. The van der Waals surface area contributed by atoms with Crippen LogP contribution >= 0.6 is 23.4 Å². The Hall–Kier alpha value is -1.52. The van der Waals surface area contributed by atoms with Crippen LogP contribution < -0.4 is 4.72 Å². The van der Waals surface area contributed by atoms with E-state index in [-0.39, 0.29) is 16.7 Å². The third-order valence-electron chi connectivity index (χ3n) is 2.95. The van der Waals surface area contributed by atoms with E-state index in [0.29, 0.717) is 5.02 Å². The van der Waals surface area contributed by atoms with E-state index in [2.05, 4.69) is 4.72 Å². The van der Waals surface area contributed by atoms with Crippen molar-refractivity contribution in [3.63, 3.8) is 0 Å². The van der Waals surface area contributed by atoms with Gasteiger partial charge in [0, 0.05) is 11.6 Å². The van der Waals surface area contributed by atoms with Crippen molar-refractivity contribution in [3.05, 3.63) is 65.2 Å². The highest BCUT2D eigenvalue weighted by Gasteiger charge is 2.18. The number of halogens is 1. The molecule has 1 atom stereocenters. The highest BCUT2D eigenvalue weighted by molar-refractivity contribution is 8.04. The molecule has 0 spiro atoms. The van der Waals surface area contributed by atoms with Gasteiger partial charge in [-0.05, 0) is 41.6 Å². The maximum absolute atomic E-state index is 12.2. The number of thiocyanates is 1. The van der Waals surface area contributed by atoms with Crippen molar-refractivity contribution in [2.45, 2.75) is 10.1 Å². The van der Waals surface area contributed by atoms with Crippen LogP contribution in [0.1, 0.15) is 10.8 Å². The summed E-state index contributed by atoms with van der Waals surface area (Å²) >= 11 is 6.78. The predicted octanol–water partition coefficient (Wildman–Crippen LogP) is 3.57. The van der Waals surface area contributed by atoms with Gasteiger partial charge in [-0.25, -0.2) is 13.1 Å². The number of nitrogens with one attached hydrogen (secondary N) is 1. The van der Waals surface area contributed by atoms with Gasteiger partial charge in [-0.1, -0.05) is 41.9 Å². The number of benzene rings is 2. The number of sulfonamides is 1. The smallest absolute Gasteiger partial charge is 0.210 e. The summed E-state index contributed by atoms with van der Waals surface area (Å²) in [6, 6.07) is 15.2. The van der Waals surface area contributed by atoms with E-state index >= 15 is 0 Å². The number of hydrogen-bond acceptors (Lipinski definition) is 4. The van der Waals surface area contributed by atoms with Crippen LogP contribution in [0.4, 0.5) is 0 Å². The predicted molar refractivity (Wildman–Crippen MR) is 89.0 cm³/mol. The summed E-state index contributed by atoms with van der Waals surface area (Å²) < 4.78 is 27.0. The minimum Gasteiger partial charge on any atom is -0.210 e. The maximum Gasteiger partial charge on any atom is 0.240 e. The number of rotatable bonds is 6. The highest BCUT2D eigenvalue weighted by atomic mass is 35.5. The molecule has 114 valence electrons. The standard InChI is InChI=1S/C15H13ClN2O2S2/c16-13-6-8-14(9-7-13)22(19,20)18-10-15(21-11-17)12-4-2-1-3-5-12/h1-9,15,18H,10H2/t15-/m0/s1. The largest absolute Gasteiger partial charge is 0.240 e. The Morgan fingerprint density at radius 3 is 2.36 bits per heavy atom. The van der Waals surface area contributed by atoms with E-state index < -0.39 is 10.0 Å². The Balaban J connectivity index is 2.12.